The topological polar surface area (TPSA) is 63.5 Å². The molecule has 2 aromatic heterocycles. The van der Waals surface area contributed by atoms with Gasteiger partial charge in [-0.15, -0.1) is 0 Å². The predicted molar refractivity (Wildman–Crippen MR) is 110 cm³/mol. The lowest BCUT2D eigenvalue weighted by Crippen LogP contribution is -2.17. The molecule has 27 heavy (non-hydrogen) atoms. The number of hydrogen-bond donors (Lipinski definition) is 1. The number of aromatic nitrogens is 2. The van der Waals surface area contributed by atoms with Crippen molar-refractivity contribution in [2.75, 3.05) is 5.32 Å². The van der Waals surface area contributed by atoms with E-state index in [9.17, 15) is 9.59 Å². The monoisotopic (exact) mass is 397 g/mol. The first-order valence-corrected chi connectivity index (χ1v) is 9.54. The highest BCUT2D eigenvalue weighted by atomic mass is 35.5. The summed E-state index contributed by atoms with van der Waals surface area (Å²) in [5.41, 5.74) is 4.94. The molecular weight excluding hydrogens is 382 g/mol. The Labute approximate surface area is 164 Å². The van der Waals surface area contributed by atoms with Crippen LogP contribution in [0.1, 0.15) is 26.4 Å². The van der Waals surface area contributed by atoms with E-state index >= 15 is 0 Å². The smallest absolute Gasteiger partial charge is 0.266 e. The second-order valence-electron chi connectivity index (χ2n) is 6.52. The molecule has 0 fully saturated rings. The number of amides is 1. The third kappa shape index (κ3) is 3.11. The summed E-state index contributed by atoms with van der Waals surface area (Å²) in [5.74, 6) is -0.343. The highest BCUT2D eigenvalue weighted by Gasteiger charge is 2.15. The molecular formula is C20H16ClN3O2S. The van der Waals surface area contributed by atoms with Gasteiger partial charge in [-0.3, -0.25) is 14.0 Å². The minimum absolute atomic E-state index is 0.271. The minimum atomic E-state index is -0.343. The molecule has 136 valence electrons. The number of carbonyl (C=O) groups excluding carboxylic acids is 1. The van der Waals surface area contributed by atoms with Gasteiger partial charge in [0.1, 0.15) is 4.88 Å². The van der Waals surface area contributed by atoms with Crippen LogP contribution in [-0.4, -0.2) is 15.3 Å². The van der Waals surface area contributed by atoms with Crippen LogP contribution in [0.4, 0.5) is 5.69 Å². The molecule has 0 saturated carbocycles. The van der Waals surface area contributed by atoms with Gasteiger partial charge >= 0.3 is 0 Å². The number of aryl methyl sites for hydroxylation is 3. The van der Waals surface area contributed by atoms with Gasteiger partial charge in [-0.2, -0.15) is 0 Å². The molecule has 7 heteroatoms. The van der Waals surface area contributed by atoms with Gasteiger partial charge in [-0.05, 0) is 67.8 Å². The number of fused-ring (bicyclic) bond motifs is 3. The van der Waals surface area contributed by atoms with Crippen molar-refractivity contribution in [3.05, 3.63) is 73.3 Å². The largest absolute Gasteiger partial charge is 0.321 e. The highest BCUT2D eigenvalue weighted by molar-refractivity contribution is 7.18. The molecule has 4 rings (SSSR count). The van der Waals surface area contributed by atoms with Crippen LogP contribution in [0, 0.1) is 20.8 Å². The van der Waals surface area contributed by atoms with Gasteiger partial charge in [-0.1, -0.05) is 22.9 Å². The maximum absolute atomic E-state index is 12.7. The number of anilines is 1. The molecule has 0 aliphatic heterocycles. The molecule has 0 saturated heterocycles. The Bertz CT molecular complexity index is 1290. The fraction of sp³-hybridized carbons (Fsp3) is 0.150. The molecule has 1 amide bonds. The van der Waals surface area contributed by atoms with Crippen molar-refractivity contribution in [1.29, 1.82) is 0 Å². The lowest BCUT2D eigenvalue weighted by molar-refractivity contribution is 0.103. The number of nitrogens with zero attached hydrogens (tertiary/aromatic N) is 2. The van der Waals surface area contributed by atoms with Crippen molar-refractivity contribution in [1.82, 2.24) is 9.38 Å². The average Bonchev–Trinajstić information content (AvgIpc) is 2.95. The molecule has 0 aliphatic carbocycles. The van der Waals surface area contributed by atoms with E-state index in [0.717, 1.165) is 27.7 Å². The van der Waals surface area contributed by atoms with Crippen molar-refractivity contribution in [3.63, 3.8) is 0 Å². The zero-order valence-electron chi connectivity index (χ0n) is 15.0. The molecule has 5 nitrogen and oxygen atoms in total. The van der Waals surface area contributed by atoms with E-state index in [1.54, 1.807) is 22.6 Å². The van der Waals surface area contributed by atoms with Crippen molar-refractivity contribution in [3.8, 4) is 0 Å². The summed E-state index contributed by atoms with van der Waals surface area (Å²) in [4.78, 5) is 30.7. The van der Waals surface area contributed by atoms with Crippen molar-refractivity contribution in [2.24, 2.45) is 0 Å². The van der Waals surface area contributed by atoms with Gasteiger partial charge < -0.3 is 5.32 Å². The standard InChI is InChI=1S/C20H16ClN3O2S/c1-10-7-15-16(8-11(10)2)24-18(25)9-17(27-20(24)23-15)19(26)22-14-5-4-13(21)6-12(14)3/h4-9H,1-3H3,(H,22,26). The number of halogens is 1. The average molecular weight is 398 g/mol. The third-order valence-corrected chi connectivity index (χ3v) is 5.79. The zero-order chi connectivity index (χ0) is 19.3. The van der Waals surface area contributed by atoms with Crippen LogP contribution >= 0.6 is 22.9 Å². The number of rotatable bonds is 2. The van der Waals surface area contributed by atoms with Crippen LogP contribution in [0.15, 0.2) is 41.2 Å². The zero-order valence-corrected chi connectivity index (χ0v) is 16.5. The number of nitrogens with one attached hydrogen (secondary N) is 1. The number of hydrogen-bond acceptors (Lipinski definition) is 4. The molecule has 2 heterocycles. The molecule has 0 spiro atoms. The summed E-state index contributed by atoms with van der Waals surface area (Å²) in [6.07, 6.45) is 0. The van der Waals surface area contributed by atoms with E-state index in [1.807, 2.05) is 32.9 Å². The molecule has 1 N–H and O–H groups in total. The maximum Gasteiger partial charge on any atom is 0.266 e. The van der Waals surface area contributed by atoms with Gasteiger partial charge in [0, 0.05) is 16.8 Å². The third-order valence-electron chi connectivity index (χ3n) is 4.58. The molecule has 0 unspecified atom stereocenters. The summed E-state index contributed by atoms with van der Waals surface area (Å²) in [6.45, 7) is 5.87. The van der Waals surface area contributed by atoms with Crippen LogP contribution in [0.5, 0.6) is 0 Å². The Morgan fingerprint density at radius 3 is 2.56 bits per heavy atom. The summed E-state index contributed by atoms with van der Waals surface area (Å²) in [7, 11) is 0. The van der Waals surface area contributed by atoms with Crippen molar-refractivity contribution < 1.29 is 4.79 Å². The van der Waals surface area contributed by atoms with Crippen LogP contribution in [0.25, 0.3) is 16.0 Å². The van der Waals surface area contributed by atoms with Gasteiger partial charge in [-0.25, -0.2) is 4.98 Å². The van der Waals surface area contributed by atoms with Crippen LogP contribution < -0.4 is 10.9 Å². The maximum atomic E-state index is 12.7. The second kappa shape index (κ2) is 6.48. The first-order valence-electron chi connectivity index (χ1n) is 8.34. The molecule has 0 atom stereocenters. The summed E-state index contributed by atoms with van der Waals surface area (Å²) < 4.78 is 1.55. The predicted octanol–water partition coefficient (Wildman–Crippen LogP) is 4.74. The molecule has 0 aliphatic rings. The Morgan fingerprint density at radius 2 is 1.81 bits per heavy atom. The van der Waals surface area contributed by atoms with Crippen molar-refractivity contribution in [2.45, 2.75) is 20.8 Å². The molecule has 0 radical (unpaired) electrons. The Hall–Kier alpha value is -2.70. The molecule has 4 aromatic rings. The first kappa shape index (κ1) is 17.7. The van der Waals surface area contributed by atoms with Gasteiger partial charge in [0.25, 0.3) is 11.5 Å². The fourth-order valence-electron chi connectivity index (χ4n) is 2.96. The van der Waals surface area contributed by atoms with Crippen LogP contribution in [0.3, 0.4) is 0 Å². The molecule has 0 bridgehead atoms. The lowest BCUT2D eigenvalue weighted by Gasteiger charge is -2.08. The van der Waals surface area contributed by atoms with E-state index < -0.39 is 0 Å². The van der Waals surface area contributed by atoms with Gasteiger partial charge in [0.15, 0.2) is 4.96 Å². The normalized spacial score (nSPS) is 11.3. The summed E-state index contributed by atoms with van der Waals surface area (Å²) >= 11 is 7.14. The Balaban J connectivity index is 1.79. The Kier molecular flexibility index (Phi) is 4.25. The highest BCUT2D eigenvalue weighted by Crippen LogP contribution is 2.24. The lowest BCUT2D eigenvalue weighted by atomic mass is 10.1. The van der Waals surface area contributed by atoms with E-state index in [-0.39, 0.29) is 11.5 Å². The Morgan fingerprint density at radius 1 is 1.07 bits per heavy atom. The van der Waals surface area contributed by atoms with E-state index in [0.29, 0.717) is 20.5 Å². The fourth-order valence-corrected chi connectivity index (χ4v) is 4.11. The number of benzene rings is 2. The quantitative estimate of drug-likeness (QED) is 0.531. The van der Waals surface area contributed by atoms with Crippen LogP contribution in [0.2, 0.25) is 5.02 Å². The first-order chi connectivity index (χ1) is 12.8. The minimum Gasteiger partial charge on any atom is -0.321 e. The van der Waals surface area contributed by atoms with E-state index in [1.165, 1.54) is 17.4 Å². The SMILES string of the molecule is Cc1cc2nc3sc(C(=O)Nc4ccc(Cl)cc4C)cc(=O)n3c2cc1C. The second-order valence-corrected chi connectivity index (χ2v) is 7.96. The van der Waals surface area contributed by atoms with Crippen molar-refractivity contribution >= 4 is 50.5 Å². The van der Waals surface area contributed by atoms with E-state index in [2.05, 4.69) is 10.3 Å². The van der Waals surface area contributed by atoms with E-state index in [4.69, 9.17) is 11.6 Å². The summed E-state index contributed by atoms with van der Waals surface area (Å²) in [5, 5.41) is 3.44. The molecule has 2 aromatic carbocycles. The summed E-state index contributed by atoms with van der Waals surface area (Å²) in [6, 6.07) is 10.5. The van der Waals surface area contributed by atoms with Gasteiger partial charge in [0.05, 0.1) is 11.0 Å². The van der Waals surface area contributed by atoms with Gasteiger partial charge in [0.2, 0.25) is 0 Å². The van der Waals surface area contributed by atoms with Crippen LogP contribution in [-0.2, 0) is 0 Å². The number of imidazole rings is 1. The number of carbonyl (C=O) groups is 1.